The standard InChI is InChI=1S/C14H21FN2O3S/c1-8(2)14(18)6-17(7-14)21(19,20)13-9(3)5-11(15)12(16)10(13)4/h5,8,18H,6-7,16H2,1-4H3. The van der Waals surface area contributed by atoms with Crippen molar-refractivity contribution in [2.45, 2.75) is 38.2 Å². The molecule has 2 rings (SSSR count). The van der Waals surface area contributed by atoms with Crippen LogP contribution in [0, 0.1) is 25.6 Å². The van der Waals surface area contributed by atoms with Gasteiger partial charge in [0.15, 0.2) is 0 Å². The van der Waals surface area contributed by atoms with Gasteiger partial charge in [-0.15, -0.1) is 0 Å². The first-order valence-corrected chi connectivity index (χ1v) is 8.22. The third-order valence-corrected chi connectivity index (χ3v) is 6.36. The molecule has 1 aromatic carbocycles. The molecule has 1 aliphatic rings. The number of nitrogens with zero attached hydrogens (tertiary/aromatic N) is 1. The summed E-state index contributed by atoms with van der Waals surface area (Å²) in [6.07, 6.45) is 0. The molecule has 0 aromatic heterocycles. The van der Waals surface area contributed by atoms with E-state index in [4.69, 9.17) is 5.73 Å². The van der Waals surface area contributed by atoms with Crippen molar-refractivity contribution in [2.75, 3.05) is 18.8 Å². The molecular weight excluding hydrogens is 295 g/mol. The zero-order chi connectivity index (χ0) is 16.2. The maximum atomic E-state index is 13.6. The maximum Gasteiger partial charge on any atom is 0.243 e. The molecule has 0 aliphatic carbocycles. The summed E-state index contributed by atoms with van der Waals surface area (Å²) in [4.78, 5) is 0.0345. The molecule has 0 bridgehead atoms. The lowest BCUT2D eigenvalue weighted by Crippen LogP contribution is -2.65. The highest BCUT2D eigenvalue weighted by Crippen LogP contribution is 2.36. The minimum absolute atomic E-state index is 0.0345. The van der Waals surface area contributed by atoms with E-state index in [1.54, 1.807) is 0 Å². The van der Waals surface area contributed by atoms with Gasteiger partial charge in [0.2, 0.25) is 10.0 Å². The van der Waals surface area contributed by atoms with Gasteiger partial charge < -0.3 is 10.8 Å². The summed E-state index contributed by atoms with van der Waals surface area (Å²) in [5.74, 6) is -0.657. The van der Waals surface area contributed by atoms with Crippen molar-refractivity contribution in [1.82, 2.24) is 4.31 Å². The van der Waals surface area contributed by atoms with Gasteiger partial charge in [0.25, 0.3) is 0 Å². The predicted octanol–water partition coefficient (Wildman–Crippen LogP) is 1.42. The highest BCUT2D eigenvalue weighted by atomic mass is 32.2. The van der Waals surface area contributed by atoms with Crippen LogP contribution in [0.1, 0.15) is 25.0 Å². The highest BCUT2D eigenvalue weighted by molar-refractivity contribution is 7.89. The molecule has 0 unspecified atom stereocenters. The first-order valence-electron chi connectivity index (χ1n) is 6.78. The lowest BCUT2D eigenvalue weighted by molar-refractivity contribution is -0.0932. The number of benzene rings is 1. The lowest BCUT2D eigenvalue weighted by Gasteiger charge is -2.48. The van der Waals surface area contributed by atoms with Gasteiger partial charge in [-0.25, -0.2) is 12.8 Å². The summed E-state index contributed by atoms with van der Waals surface area (Å²) in [7, 11) is -3.78. The Morgan fingerprint density at radius 3 is 2.38 bits per heavy atom. The highest BCUT2D eigenvalue weighted by Gasteiger charge is 2.49. The third kappa shape index (κ3) is 2.43. The second kappa shape index (κ2) is 4.93. The van der Waals surface area contributed by atoms with Crippen molar-refractivity contribution in [1.29, 1.82) is 0 Å². The van der Waals surface area contributed by atoms with Gasteiger partial charge >= 0.3 is 0 Å². The van der Waals surface area contributed by atoms with Crippen molar-refractivity contribution < 1.29 is 17.9 Å². The Balaban J connectivity index is 2.42. The summed E-state index contributed by atoms with van der Waals surface area (Å²) in [5, 5.41) is 10.2. The third-order valence-electron chi connectivity index (χ3n) is 4.28. The van der Waals surface area contributed by atoms with Crippen LogP contribution in [0.5, 0.6) is 0 Å². The van der Waals surface area contributed by atoms with E-state index >= 15 is 0 Å². The molecular formula is C14H21FN2O3S. The number of aryl methyl sites for hydroxylation is 1. The number of aliphatic hydroxyl groups is 1. The molecule has 0 radical (unpaired) electrons. The molecule has 5 nitrogen and oxygen atoms in total. The van der Waals surface area contributed by atoms with Crippen LogP contribution < -0.4 is 5.73 Å². The van der Waals surface area contributed by atoms with Crippen LogP contribution in [0.4, 0.5) is 10.1 Å². The van der Waals surface area contributed by atoms with Crippen molar-refractivity contribution in [3.63, 3.8) is 0 Å². The minimum Gasteiger partial charge on any atom is -0.396 e. The molecule has 1 saturated heterocycles. The Morgan fingerprint density at radius 2 is 1.90 bits per heavy atom. The maximum absolute atomic E-state index is 13.6. The van der Waals surface area contributed by atoms with E-state index in [9.17, 15) is 17.9 Å². The predicted molar refractivity (Wildman–Crippen MR) is 78.8 cm³/mol. The number of nitrogen functional groups attached to an aromatic ring is 1. The first-order chi connectivity index (χ1) is 9.50. The van der Waals surface area contributed by atoms with Crippen molar-refractivity contribution in [3.8, 4) is 0 Å². The van der Waals surface area contributed by atoms with Gasteiger partial charge in [-0.2, -0.15) is 4.31 Å². The number of hydrogen-bond donors (Lipinski definition) is 2. The number of hydrogen-bond acceptors (Lipinski definition) is 4. The van der Waals surface area contributed by atoms with Crippen LogP contribution in [0.15, 0.2) is 11.0 Å². The number of β-amino-alcohol motifs (C(OH)–C–C–N with tert-alkyl or cyclic N) is 1. The average molecular weight is 316 g/mol. The fraction of sp³-hybridized carbons (Fsp3) is 0.571. The number of halogens is 1. The van der Waals surface area contributed by atoms with Gasteiger partial charge in [-0.05, 0) is 37.0 Å². The van der Waals surface area contributed by atoms with E-state index in [-0.39, 0.29) is 35.2 Å². The fourth-order valence-electron chi connectivity index (χ4n) is 2.56. The summed E-state index contributed by atoms with van der Waals surface area (Å²) >= 11 is 0. The quantitative estimate of drug-likeness (QED) is 0.826. The summed E-state index contributed by atoms with van der Waals surface area (Å²) in [6, 6.07) is 1.13. The van der Waals surface area contributed by atoms with E-state index in [2.05, 4.69) is 0 Å². The van der Waals surface area contributed by atoms with Crippen LogP contribution in [0.2, 0.25) is 0 Å². The molecule has 1 heterocycles. The topological polar surface area (TPSA) is 83.6 Å². The van der Waals surface area contributed by atoms with E-state index in [0.717, 1.165) is 6.07 Å². The van der Waals surface area contributed by atoms with Gasteiger partial charge in [-0.1, -0.05) is 13.8 Å². The number of sulfonamides is 1. The van der Waals surface area contributed by atoms with Gasteiger partial charge in [0.1, 0.15) is 5.82 Å². The molecule has 1 aliphatic heterocycles. The Kier molecular flexibility index (Phi) is 3.80. The molecule has 0 atom stereocenters. The van der Waals surface area contributed by atoms with Crippen LogP contribution in [0.25, 0.3) is 0 Å². The summed E-state index contributed by atoms with van der Waals surface area (Å²) in [6.45, 7) is 6.81. The SMILES string of the molecule is Cc1cc(F)c(N)c(C)c1S(=O)(=O)N1CC(O)(C(C)C)C1. The van der Waals surface area contributed by atoms with Crippen molar-refractivity contribution >= 4 is 15.7 Å². The van der Waals surface area contributed by atoms with Gasteiger partial charge in [-0.3, -0.25) is 0 Å². The average Bonchev–Trinajstić information content (AvgIpc) is 2.31. The van der Waals surface area contributed by atoms with Crippen LogP contribution >= 0.6 is 0 Å². The lowest BCUT2D eigenvalue weighted by atomic mass is 9.85. The number of rotatable bonds is 3. The molecule has 3 N–H and O–H groups in total. The van der Waals surface area contributed by atoms with Gasteiger partial charge in [0, 0.05) is 13.1 Å². The molecule has 1 fully saturated rings. The summed E-state index contributed by atoms with van der Waals surface area (Å²) < 4.78 is 40.1. The van der Waals surface area contributed by atoms with Crippen LogP contribution in [-0.2, 0) is 10.0 Å². The van der Waals surface area contributed by atoms with Crippen LogP contribution in [0.3, 0.4) is 0 Å². The fourth-order valence-corrected chi connectivity index (χ4v) is 4.56. The first kappa shape index (κ1) is 16.2. The molecule has 0 spiro atoms. The second-order valence-corrected chi connectivity index (χ2v) is 7.95. The largest absolute Gasteiger partial charge is 0.396 e. The minimum atomic E-state index is -3.78. The van der Waals surface area contributed by atoms with Crippen LogP contribution in [-0.4, -0.2) is 36.5 Å². The van der Waals surface area contributed by atoms with E-state index < -0.39 is 21.4 Å². The Morgan fingerprint density at radius 1 is 1.38 bits per heavy atom. The van der Waals surface area contributed by atoms with Crippen molar-refractivity contribution in [2.24, 2.45) is 5.92 Å². The molecule has 7 heteroatoms. The molecule has 1 aromatic rings. The smallest absolute Gasteiger partial charge is 0.243 e. The van der Waals surface area contributed by atoms with E-state index in [1.165, 1.54) is 18.2 Å². The Labute approximate surface area is 124 Å². The Hall–Kier alpha value is -1.18. The number of nitrogens with two attached hydrogens (primary N) is 1. The molecule has 0 amide bonds. The van der Waals surface area contributed by atoms with E-state index in [1.807, 2.05) is 13.8 Å². The second-order valence-electron chi connectivity index (χ2n) is 6.07. The Bertz CT molecular complexity index is 680. The summed E-state index contributed by atoms with van der Waals surface area (Å²) in [5.41, 5.74) is 4.98. The van der Waals surface area contributed by atoms with Gasteiger partial charge in [0.05, 0.1) is 16.2 Å². The monoisotopic (exact) mass is 316 g/mol. The molecule has 118 valence electrons. The zero-order valence-corrected chi connectivity index (χ0v) is 13.5. The normalized spacial score (nSPS) is 18.8. The molecule has 0 saturated carbocycles. The number of anilines is 1. The van der Waals surface area contributed by atoms with Crippen molar-refractivity contribution in [3.05, 3.63) is 23.0 Å². The zero-order valence-electron chi connectivity index (χ0n) is 12.6. The van der Waals surface area contributed by atoms with E-state index in [0.29, 0.717) is 5.56 Å². The molecule has 21 heavy (non-hydrogen) atoms.